The lowest BCUT2D eigenvalue weighted by atomic mass is 9.94. The van der Waals surface area contributed by atoms with Gasteiger partial charge in [-0.2, -0.15) is 0 Å². The number of hydrogen-bond donors (Lipinski definition) is 1. The summed E-state index contributed by atoms with van der Waals surface area (Å²) in [6, 6.07) is 18.6. The molecule has 208 valence electrons. The first-order valence-corrected chi connectivity index (χ1v) is 13.7. The predicted molar refractivity (Wildman–Crippen MR) is 154 cm³/mol. The average Bonchev–Trinajstić information content (AvgIpc) is 3.39. The van der Waals surface area contributed by atoms with Gasteiger partial charge in [0.1, 0.15) is 18.1 Å². The van der Waals surface area contributed by atoms with Gasteiger partial charge in [-0.05, 0) is 66.9 Å². The van der Waals surface area contributed by atoms with Gasteiger partial charge < -0.3 is 14.8 Å². The van der Waals surface area contributed by atoms with Crippen LogP contribution in [-0.2, 0) is 16.1 Å². The van der Waals surface area contributed by atoms with E-state index in [4.69, 9.17) is 21.1 Å². The van der Waals surface area contributed by atoms with Crippen molar-refractivity contribution in [3.05, 3.63) is 77.3 Å². The molecule has 40 heavy (non-hydrogen) atoms. The fourth-order valence-electron chi connectivity index (χ4n) is 5.24. The largest absolute Gasteiger partial charge is 0.493 e. The van der Waals surface area contributed by atoms with E-state index in [2.05, 4.69) is 15.6 Å². The Bertz CT molecular complexity index is 1480. The Morgan fingerprint density at radius 3 is 2.45 bits per heavy atom. The van der Waals surface area contributed by atoms with Crippen LogP contribution in [-0.4, -0.2) is 47.1 Å². The number of methoxy groups -OCH3 is 2. The lowest BCUT2D eigenvalue weighted by Gasteiger charge is -2.33. The number of hydrogen-bond acceptors (Lipinski definition) is 6. The second-order valence-electron chi connectivity index (χ2n) is 9.84. The van der Waals surface area contributed by atoms with Crippen LogP contribution < -0.4 is 19.7 Å². The van der Waals surface area contributed by atoms with Crippen molar-refractivity contribution in [3.8, 4) is 11.5 Å². The van der Waals surface area contributed by atoms with Crippen molar-refractivity contribution >= 4 is 40.1 Å². The highest BCUT2D eigenvalue weighted by Crippen LogP contribution is 2.35. The quantitative estimate of drug-likeness (QED) is 0.297. The topological polar surface area (TPSA) is 98.6 Å². The van der Waals surface area contributed by atoms with E-state index in [1.165, 1.54) is 12.0 Å². The summed E-state index contributed by atoms with van der Waals surface area (Å²) in [4.78, 5) is 29.8. The molecular formula is C30H32ClN5O4. The number of ether oxygens (including phenoxy) is 2. The molecule has 5 rings (SSSR count). The third-order valence-corrected chi connectivity index (χ3v) is 7.51. The molecule has 0 spiro atoms. The van der Waals surface area contributed by atoms with Crippen LogP contribution in [0.1, 0.15) is 43.7 Å². The molecule has 0 bridgehead atoms. The lowest BCUT2D eigenvalue weighted by Crippen LogP contribution is -2.48. The van der Waals surface area contributed by atoms with Crippen molar-refractivity contribution < 1.29 is 19.1 Å². The Hall–Kier alpha value is -4.11. The summed E-state index contributed by atoms with van der Waals surface area (Å²) in [6.45, 7) is -0.121. The van der Waals surface area contributed by atoms with Crippen LogP contribution in [0.15, 0.2) is 66.7 Å². The summed E-state index contributed by atoms with van der Waals surface area (Å²) in [7, 11) is 3.09. The van der Waals surface area contributed by atoms with E-state index in [0.29, 0.717) is 33.3 Å². The van der Waals surface area contributed by atoms with Gasteiger partial charge in [0.05, 0.1) is 19.7 Å². The highest BCUT2D eigenvalue weighted by atomic mass is 35.5. The molecule has 1 fully saturated rings. The SMILES string of the molecule is COc1ccc(C(C(=O)NC2CCCCC2)N(C(=O)Cn2nnc3ccccc32)c2ccc(Cl)cc2)cc1OC. The van der Waals surface area contributed by atoms with Crippen LogP contribution in [0.25, 0.3) is 11.0 Å². The van der Waals surface area contributed by atoms with Gasteiger partial charge in [-0.25, -0.2) is 4.68 Å². The first-order chi connectivity index (χ1) is 19.5. The fraction of sp³-hybridized carbons (Fsp3) is 0.333. The summed E-state index contributed by atoms with van der Waals surface area (Å²) in [6.07, 6.45) is 5.09. The fourth-order valence-corrected chi connectivity index (χ4v) is 5.37. The van der Waals surface area contributed by atoms with E-state index >= 15 is 0 Å². The number of carbonyl (C=O) groups is 2. The molecule has 1 heterocycles. The minimum absolute atomic E-state index is 0.0466. The summed E-state index contributed by atoms with van der Waals surface area (Å²) in [5, 5.41) is 12.1. The van der Waals surface area contributed by atoms with Crippen molar-refractivity contribution in [2.75, 3.05) is 19.1 Å². The summed E-state index contributed by atoms with van der Waals surface area (Å²) in [5.41, 5.74) is 2.51. The number of nitrogens with one attached hydrogen (secondary N) is 1. The summed E-state index contributed by atoms with van der Waals surface area (Å²) in [5.74, 6) is 0.375. The molecule has 10 heteroatoms. The van der Waals surface area contributed by atoms with Crippen LogP contribution in [0.5, 0.6) is 11.5 Å². The van der Waals surface area contributed by atoms with E-state index in [9.17, 15) is 9.59 Å². The molecule has 2 amide bonds. The predicted octanol–water partition coefficient (Wildman–Crippen LogP) is 5.33. The number of fused-ring (bicyclic) bond motifs is 1. The number of nitrogens with zero attached hydrogens (tertiary/aromatic N) is 4. The van der Waals surface area contributed by atoms with E-state index in [1.807, 2.05) is 24.3 Å². The van der Waals surface area contributed by atoms with Crippen molar-refractivity contribution in [1.29, 1.82) is 0 Å². The molecule has 1 aliphatic carbocycles. The van der Waals surface area contributed by atoms with Gasteiger partial charge in [0.2, 0.25) is 11.8 Å². The van der Waals surface area contributed by atoms with Crippen molar-refractivity contribution in [2.45, 2.75) is 50.7 Å². The zero-order chi connectivity index (χ0) is 28.1. The first kappa shape index (κ1) is 27.5. The first-order valence-electron chi connectivity index (χ1n) is 13.4. The van der Waals surface area contributed by atoms with Crippen molar-refractivity contribution in [3.63, 3.8) is 0 Å². The van der Waals surface area contributed by atoms with Gasteiger partial charge in [-0.15, -0.1) is 5.10 Å². The van der Waals surface area contributed by atoms with Crippen LogP contribution in [0.3, 0.4) is 0 Å². The Morgan fingerprint density at radius 1 is 1.00 bits per heavy atom. The van der Waals surface area contributed by atoms with E-state index in [1.54, 1.807) is 54.3 Å². The number of aromatic nitrogens is 3. The van der Waals surface area contributed by atoms with E-state index in [-0.39, 0.29) is 24.4 Å². The number of anilines is 1. The van der Waals surface area contributed by atoms with Gasteiger partial charge in [-0.1, -0.05) is 54.3 Å². The highest BCUT2D eigenvalue weighted by Gasteiger charge is 2.35. The van der Waals surface area contributed by atoms with Gasteiger partial charge in [-0.3, -0.25) is 14.5 Å². The number of halogens is 1. The molecule has 1 unspecified atom stereocenters. The molecule has 1 N–H and O–H groups in total. The van der Waals surface area contributed by atoms with Gasteiger partial charge >= 0.3 is 0 Å². The van der Waals surface area contributed by atoms with E-state index < -0.39 is 6.04 Å². The maximum atomic E-state index is 14.2. The van der Waals surface area contributed by atoms with Gasteiger partial charge in [0.15, 0.2) is 11.5 Å². The number of benzene rings is 3. The minimum Gasteiger partial charge on any atom is -0.493 e. The molecule has 1 aromatic heterocycles. The molecule has 3 aromatic carbocycles. The zero-order valence-electron chi connectivity index (χ0n) is 22.5. The maximum Gasteiger partial charge on any atom is 0.249 e. The Morgan fingerprint density at radius 2 is 1.73 bits per heavy atom. The Labute approximate surface area is 238 Å². The number of rotatable bonds is 9. The number of carbonyl (C=O) groups excluding carboxylic acids is 2. The number of para-hydroxylation sites is 1. The van der Waals surface area contributed by atoms with Gasteiger partial charge in [0, 0.05) is 16.8 Å². The summed E-state index contributed by atoms with van der Waals surface area (Å²) < 4.78 is 12.5. The maximum absolute atomic E-state index is 14.2. The Kier molecular flexibility index (Phi) is 8.50. The molecule has 0 saturated heterocycles. The molecule has 0 aliphatic heterocycles. The molecule has 1 atom stereocenters. The molecule has 1 aliphatic rings. The Balaban J connectivity index is 1.59. The van der Waals surface area contributed by atoms with Crippen molar-refractivity contribution in [1.82, 2.24) is 20.3 Å². The van der Waals surface area contributed by atoms with Crippen LogP contribution in [0.2, 0.25) is 5.02 Å². The third-order valence-electron chi connectivity index (χ3n) is 7.26. The zero-order valence-corrected chi connectivity index (χ0v) is 23.3. The molecule has 0 radical (unpaired) electrons. The second-order valence-corrected chi connectivity index (χ2v) is 10.3. The molecule has 9 nitrogen and oxygen atoms in total. The van der Waals surface area contributed by atoms with Crippen LogP contribution in [0, 0.1) is 0 Å². The number of amides is 2. The summed E-state index contributed by atoms with van der Waals surface area (Å²) >= 11 is 6.20. The van der Waals surface area contributed by atoms with Gasteiger partial charge in [0.25, 0.3) is 0 Å². The molecule has 4 aromatic rings. The van der Waals surface area contributed by atoms with E-state index in [0.717, 1.165) is 37.6 Å². The standard InChI is InChI=1S/C30H32ClN5O4/c1-39-26-17-12-20(18-27(26)40-2)29(30(38)32-22-8-4-3-5-9-22)36(23-15-13-21(31)14-16-23)28(37)19-35-25-11-7-6-10-24(25)33-34-35/h6-7,10-18,22,29H,3-5,8-9,19H2,1-2H3,(H,32,38). The average molecular weight is 562 g/mol. The van der Waals surface area contributed by atoms with Crippen molar-refractivity contribution in [2.24, 2.45) is 0 Å². The minimum atomic E-state index is -0.995. The van der Waals surface area contributed by atoms with Crippen LogP contribution in [0.4, 0.5) is 5.69 Å². The normalized spacial score (nSPS) is 14.5. The molecular weight excluding hydrogens is 530 g/mol. The monoisotopic (exact) mass is 561 g/mol. The van der Waals surface area contributed by atoms with Crippen LogP contribution >= 0.6 is 11.6 Å². The lowest BCUT2D eigenvalue weighted by molar-refractivity contribution is -0.127. The smallest absolute Gasteiger partial charge is 0.249 e. The highest BCUT2D eigenvalue weighted by molar-refractivity contribution is 6.30. The molecule has 1 saturated carbocycles. The second kappa shape index (κ2) is 12.4. The third kappa shape index (κ3) is 5.89.